The molecule has 0 spiro atoms. The van der Waals surface area contributed by atoms with Crippen molar-refractivity contribution >= 4 is 33.1 Å². The fraction of sp³-hybridized carbons (Fsp3) is 0.250. The van der Waals surface area contributed by atoms with Crippen molar-refractivity contribution in [2.75, 3.05) is 10.5 Å². The van der Waals surface area contributed by atoms with Crippen LogP contribution in [0, 0.1) is 13.8 Å². The van der Waals surface area contributed by atoms with E-state index in [0.29, 0.717) is 16.4 Å². The number of nitrogens with zero attached hydrogens (tertiary/aromatic N) is 2. The summed E-state index contributed by atoms with van der Waals surface area (Å²) in [7, 11) is -2.17. The Morgan fingerprint density at radius 3 is 2.50 bits per heavy atom. The Hall–Kier alpha value is -1.73. The third kappa shape index (κ3) is 2.59. The van der Waals surface area contributed by atoms with Crippen molar-refractivity contribution in [1.82, 2.24) is 9.78 Å². The smallest absolute Gasteiger partial charge is 0.267 e. The Balaban J connectivity index is 2.43. The summed E-state index contributed by atoms with van der Waals surface area (Å²) >= 11 is 5.98. The van der Waals surface area contributed by atoms with E-state index in [-0.39, 0.29) is 10.7 Å². The van der Waals surface area contributed by atoms with Gasteiger partial charge in [-0.1, -0.05) is 17.7 Å². The number of aryl methyl sites for hydroxylation is 2. The lowest BCUT2D eigenvalue weighted by atomic mass is 10.2. The quantitative estimate of drug-likeness (QED) is 0.907. The molecule has 0 saturated heterocycles. The van der Waals surface area contributed by atoms with Gasteiger partial charge in [-0.2, -0.15) is 5.10 Å². The van der Waals surface area contributed by atoms with Crippen molar-refractivity contribution in [2.24, 2.45) is 7.05 Å². The Morgan fingerprint density at radius 1 is 1.35 bits per heavy atom. The first kappa shape index (κ1) is 14.7. The molecule has 1 aromatic heterocycles. The first-order valence-corrected chi connectivity index (χ1v) is 7.66. The van der Waals surface area contributed by atoms with Crippen LogP contribution in [0.1, 0.15) is 11.3 Å². The van der Waals surface area contributed by atoms with E-state index in [4.69, 9.17) is 17.3 Å². The molecule has 0 unspecified atom stereocenters. The summed E-state index contributed by atoms with van der Waals surface area (Å²) < 4.78 is 28.6. The number of nitrogens with two attached hydrogens (primary N) is 1. The van der Waals surface area contributed by atoms with Gasteiger partial charge in [-0.05, 0) is 31.5 Å². The summed E-state index contributed by atoms with van der Waals surface area (Å²) in [6.07, 6.45) is 0. The summed E-state index contributed by atoms with van der Waals surface area (Å²) in [4.78, 5) is -0.0169. The molecule has 0 aliphatic rings. The highest BCUT2D eigenvalue weighted by molar-refractivity contribution is 7.93. The second-order valence-corrected chi connectivity index (χ2v) is 6.52. The van der Waals surface area contributed by atoms with Crippen LogP contribution in [0.5, 0.6) is 0 Å². The molecule has 6 nitrogen and oxygen atoms in total. The van der Waals surface area contributed by atoms with E-state index in [1.807, 2.05) is 6.92 Å². The van der Waals surface area contributed by atoms with E-state index in [2.05, 4.69) is 9.82 Å². The van der Waals surface area contributed by atoms with E-state index in [1.165, 1.54) is 4.68 Å². The van der Waals surface area contributed by atoms with Gasteiger partial charge in [0.25, 0.3) is 10.0 Å². The fourth-order valence-electron chi connectivity index (χ4n) is 1.81. The Labute approximate surface area is 122 Å². The van der Waals surface area contributed by atoms with Crippen molar-refractivity contribution in [3.05, 3.63) is 34.5 Å². The van der Waals surface area contributed by atoms with E-state index in [0.717, 1.165) is 5.56 Å². The maximum absolute atomic E-state index is 12.4. The largest absolute Gasteiger partial charge is 0.381 e. The number of benzene rings is 1. The van der Waals surface area contributed by atoms with Gasteiger partial charge in [0.1, 0.15) is 0 Å². The van der Waals surface area contributed by atoms with Crippen LogP contribution in [0.15, 0.2) is 23.1 Å². The highest BCUT2D eigenvalue weighted by atomic mass is 35.5. The second kappa shape index (κ2) is 4.99. The zero-order valence-corrected chi connectivity index (χ0v) is 12.9. The maximum Gasteiger partial charge on any atom is 0.267 e. The predicted molar refractivity (Wildman–Crippen MR) is 79.4 cm³/mol. The molecule has 0 aliphatic carbocycles. The Morgan fingerprint density at radius 2 is 2.00 bits per heavy atom. The zero-order valence-electron chi connectivity index (χ0n) is 11.3. The van der Waals surface area contributed by atoms with Crippen molar-refractivity contribution in [1.29, 1.82) is 0 Å². The molecule has 2 aromatic rings. The van der Waals surface area contributed by atoms with E-state index >= 15 is 0 Å². The van der Waals surface area contributed by atoms with Crippen LogP contribution in [-0.4, -0.2) is 18.2 Å². The normalized spacial score (nSPS) is 11.6. The summed E-state index contributed by atoms with van der Waals surface area (Å²) in [6.45, 7) is 3.48. The van der Waals surface area contributed by atoms with Crippen LogP contribution >= 0.6 is 11.6 Å². The van der Waals surface area contributed by atoms with Crippen LogP contribution in [0.3, 0.4) is 0 Å². The number of nitrogens with one attached hydrogen (secondary N) is 1. The lowest BCUT2D eigenvalue weighted by Gasteiger charge is -2.09. The van der Waals surface area contributed by atoms with E-state index < -0.39 is 10.0 Å². The average Bonchev–Trinajstić information content (AvgIpc) is 2.58. The summed E-state index contributed by atoms with van der Waals surface area (Å²) in [5, 5.41) is 4.39. The van der Waals surface area contributed by atoms with Crippen molar-refractivity contribution < 1.29 is 8.42 Å². The van der Waals surface area contributed by atoms with E-state index in [1.54, 1.807) is 32.2 Å². The molecule has 0 saturated carbocycles. The predicted octanol–water partition coefficient (Wildman–Crippen LogP) is 2.07. The minimum Gasteiger partial charge on any atom is -0.381 e. The number of halogens is 1. The fourth-order valence-corrected chi connectivity index (χ4v) is 3.37. The van der Waals surface area contributed by atoms with E-state index in [9.17, 15) is 8.42 Å². The molecule has 108 valence electrons. The lowest BCUT2D eigenvalue weighted by Crippen LogP contribution is -2.15. The average molecular weight is 315 g/mol. The summed E-state index contributed by atoms with van der Waals surface area (Å²) in [5.41, 5.74) is 7.37. The number of sulfonamides is 1. The Kier molecular flexibility index (Phi) is 3.66. The molecule has 0 bridgehead atoms. The number of nitrogen functional groups attached to an aromatic ring is 1. The SMILES string of the molecule is Cc1ccc(NS(=O)(=O)c2c(N)nn(C)c2C)cc1Cl. The molecule has 0 fully saturated rings. The molecule has 0 aliphatic heterocycles. The number of aromatic nitrogens is 2. The topological polar surface area (TPSA) is 90.0 Å². The highest BCUT2D eigenvalue weighted by Gasteiger charge is 2.24. The number of hydrogen-bond acceptors (Lipinski definition) is 4. The highest BCUT2D eigenvalue weighted by Crippen LogP contribution is 2.26. The lowest BCUT2D eigenvalue weighted by molar-refractivity contribution is 0.600. The van der Waals surface area contributed by atoms with Gasteiger partial charge in [0.15, 0.2) is 10.7 Å². The van der Waals surface area contributed by atoms with Gasteiger partial charge in [0, 0.05) is 12.1 Å². The van der Waals surface area contributed by atoms with Gasteiger partial charge in [-0.3, -0.25) is 9.40 Å². The summed E-state index contributed by atoms with van der Waals surface area (Å²) in [6, 6.07) is 4.93. The molecule has 0 atom stereocenters. The summed E-state index contributed by atoms with van der Waals surface area (Å²) in [5.74, 6) is -0.0318. The molecule has 1 heterocycles. The van der Waals surface area contributed by atoms with Crippen LogP contribution in [0.25, 0.3) is 0 Å². The number of hydrogen-bond donors (Lipinski definition) is 2. The molecule has 3 N–H and O–H groups in total. The second-order valence-electron chi connectivity index (χ2n) is 4.49. The minimum atomic E-state index is -3.80. The molecule has 1 aromatic carbocycles. The molecule has 0 amide bonds. The molecule has 2 rings (SSSR count). The van der Waals surface area contributed by atoms with Crippen LogP contribution in [-0.2, 0) is 17.1 Å². The van der Waals surface area contributed by atoms with Gasteiger partial charge >= 0.3 is 0 Å². The monoisotopic (exact) mass is 314 g/mol. The van der Waals surface area contributed by atoms with Gasteiger partial charge < -0.3 is 5.73 Å². The standard InChI is InChI=1S/C12H15ClN4O2S/c1-7-4-5-9(6-10(7)13)16-20(18,19)11-8(2)17(3)15-12(11)14/h4-6,16H,1-3H3,(H2,14,15). The molecule has 20 heavy (non-hydrogen) atoms. The number of rotatable bonds is 3. The zero-order chi connectivity index (χ0) is 15.1. The molecule has 0 radical (unpaired) electrons. The third-order valence-corrected chi connectivity index (χ3v) is 4.95. The van der Waals surface area contributed by atoms with Gasteiger partial charge in [-0.25, -0.2) is 8.42 Å². The van der Waals surface area contributed by atoms with Gasteiger partial charge in [-0.15, -0.1) is 0 Å². The van der Waals surface area contributed by atoms with Crippen molar-refractivity contribution in [3.63, 3.8) is 0 Å². The van der Waals surface area contributed by atoms with Crippen LogP contribution in [0.4, 0.5) is 11.5 Å². The van der Waals surface area contributed by atoms with Crippen molar-refractivity contribution in [2.45, 2.75) is 18.7 Å². The van der Waals surface area contributed by atoms with Crippen LogP contribution in [0.2, 0.25) is 5.02 Å². The minimum absolute atomic E-state index is 0.0169. The Bertz CT molecular complexity index is 768. The first-order valence-electron chi connectivity index (χ1n) is 5.80. The van der Waals surface area contributed by atoms with Gasteiger partial charge in [0.2, 0.25) is 0 Å². The molecule has 8 heteroatoms. The van der Waals surface area contributed by atoms with Gasteiger partial charge in [0.05, 0.1) is 11.4 Å². The maximum atomic E-state index is 12.4. The third-order valence-electron chi connectivity index (χ3n) is 3.00. The number of anilines is 2. The molecular weight excluding hydrogens is 300 g/mol. The molecular formula is C12H15ClN4O2S. The first-order chi connectivity index (χ1) is 9.22. The van der Waals surface area contributed by atoms with Crippen LogP contribution < -0.4 is 10.5 Å². The van der Waals surface area contributed by atoms with Crippen molar-refractivity contribution in [3.8, 4) is 0 Å².